The number of esters is 1. The largest absolute Gasteiger partial charge is 0.451 e. The number of thiophene rings is 2. The summed E-state index contributed by atoms with van der Waals surface area (Å²) in [6.07, 6.45) is 2.08. The molecule has 2 heterocycles. The van der Waals surface area contributed by atoms with E-state index in [1.807, 2.05) is 22.9 Å². The van der Waals surface area contributed by atoms with Crippen LogP contribution < -0.4 is 5.32 Å². The van der Waals surface area contributed by atoms with Crippen molar-refractivity contribution in [3.63, 3.8) is 0 Å². The molecule has 7 heteroatoms. The molecule has 24 heavy (non-hydrogen) atoms. The number of carbonyl (C=O) groups excluding carboxylic acids is 3. The molecule has 1 saturated carbocycles. The van der Waals surface area contributed by atoms with Crippen LogP contribution in [0.1, 0.15) is 43.0 Å². The molecule has 2 aromatic heterocycles. The summed E-state index contributed by atoms with van der Waals surface area (Å²) in [5.74, 6) is -0.829. The van der Waals surface area contributed by atoms with Crippen LogP contribution in [0.25, 0.3) is 10.4 Å². The Morgan fingerprint density at radius 1 is 1.29 bits per heavy atom. The van der Waals surface area contributed by atoms with Crippen molar-refractivity contribution in [2.75, 3.05) is 5.32 Å². The fourth-order valence-electron chi connectivity index (χ4n) is 2.69. The van der Waals surface area contributed by atoms with Crippen LogP contribution in [0.5, 0.6) is 0 Å². The predicted octanol–water partition coefficient (Wildman–Crippen LogP) is 4.10. The lowest BCUT2D eigenvalue weighted by Gasteiger charge is -2.21. The lowest BCUT2D eigenvalue weighted by atomic mass is 9.96. The number of amides is 1. The van der Waals surface area contributed by atoms with Crippen molar-refractivity contribution in [3.05, 3.63) is 28.5 Å². The Labute approximate surface area is 147 Å². The summed E-state index contributed by atoms with van der Waals surface area (Å²) >= 11 is 2.79. The van der Waals surface area contributed by atoms with Gasteiger partial charge in [0.25, 0.3) is 0 Å². The molecule has 0 aliphatic heterocycles. The summed E-state index contributed by atoms with van der Waals surface area (Å²) in [7, 11) is 0. The summed E-state index contributed by atoms with van der Waals surface area (Å²) < 4.78 is 5.48. The molecular formula is C17H17NO4S2. The SMILES string of the molecule is CC(=O)Nc1scc(-c2cccs2)c1C(=O)O[C@@H]1CCCCC1=O. The number of hydrogen-bond acceptors (Lipinski definition) is 6. The smallest absolute Gasteiger partial charge is 0.342 e. The van der Waals surface area contributed by atoms with E-state index in [0.717, 1.165) is 23.3 Å². The number of hydrogen-bond donors (Lipinski definition) is 1. The molecule has 0 saturated heterocycles. The maximum atomic E-state index is 12.7. The lowest BCUT2D eigenvalue weighted by molar-refractivity contribution is -0.129. The maximum Gasteiger partial charge on any atom is 0.342 e. The van der Waals surface area contributed by atoms with Crippen molar-refractivity contribution in [2.45, 2.75) is 38.7 Å². The van der Waals surface area contributed by atoms with Gasteiger partial charge in [-0.05, 0) is 30.7 Å². The summed E-state index contributed by atoms with van der Waals surface area (Å²) in [6.45, 7) is 1.39. The van der Waals surface area contributed by atoms with Gasteiger partial charge in [-0.3, -0.25) is 9.59 Å². The minimum Gasteiger partial charge on any atom is -0.451 e. The second-order valence-corrected chi connectivity index (χ2v) is 7.45. The second-order valence-electron chi connectivity index (χ2n) is 5.62. The van der Waals surface area contributed by atoms with Crippen LogP contribution in [0, 0.1) is 0 Å². The number of carbonyl (C=O) groups is 3. The van der Waals surface area contributed by atoms with Crippen LogP contribution >= 0.6 is 22.7 Å². The van der Waals surface area contributed by atoms with Gasteiger partial charge >= 0.3 is 5.97 Å². The molecule has 1 amide bonds. The molecule has 1 fully saturated rings. The first-order chi connectivity index (χ1) is 11.6. The van der Waals surface area contributed by atoms with Crippen molar-refractivity contribution in [2.24, 2.45) is 0 Å². The van der Waals surface area contributed by atoms with Gasteiger partial charge in [0.05, 0.1) is 0 Å². The van der Waals surface area contributed by atoms with E-state index in [-0.39, 0.29) is 11.7 Å². The zero-order valence-corrected chi connectivity index (χ0v) is 14.8. The number of ether oxygens (including phenoxy) is 1. The van der Waals surface area contributed by atoms with E-state index in [9.17, 15) is 14.4 Å². The first-order valence-electron chi connectivity index (χ1n) is 7.73. The predicted molar refractivity (Wildman–Crippen MR) is 94.6 cm³/mol. The highest BCUT2D eigenvalue weighted by atomic mass is 32.1. The molecule has 2 aromatic rings. The first kappa shape index (κ1) is 16.9. The quantitative estimate of drug-likeness (QED) is 0.830. The van der Waals surface area contributed by atoms with Crippen molar-refractivity contribution >= 4 is 45.3 Å². The second kappa shape index (κ2) is 7.27. The van der Waals surface area contributed by atoms with Crippen molar-refractivity contribution in [1.29, 1.82) is 0 Å². The van der Waals surface area contributed by atoms with Crippen LogP contribution in [-0.2, 0) is 14.3 Å². The van der Waals surface area contributed by atoms with Crippen molar-refractivity contribution < 1.29 is 19.1 Å². The Kier molecular flexibility index (Phi) is 5.11. The van der Waals surface area contributed by atoms with Crippen LogP contribution in [0.15, 0.2) is 22.9 Å². The minimum absolute atomic E-state index is 0.0245. The fourth-order valence-corrected chi connectivity index (χ4v) is 4.51. The zero-order valence-electron chi connectivity index (χ0n) is 13.2. The molecule has 3 rings (SSSR count). The topological polar surface area (TPSA) is 72.5 Å². The monoisotopic (exact) mass is 363 g/mol. The van der Waals surface area contributed by atoms with Gasteiger partial charge in [0.15, 0.2) is 11.9 Å². The first-order valence-corrected chi connectivity index (χ1v) is 9.49. The third-order valence-corrected chi connectivity index (χ3v) is 5.62. The van der Waals surface area contributed by atoms with Crippen LogP contribution in [0.4, 0.5) is 5.00 Å². The zero-order chi connectivity index (χ0) is 17.1. The number of nitrogens with one attached hydrogen (secondary N) is 1. The third kappa shape index (κ3) is 3.57. The Balaban J connectivity index is 1.91. The molecule has 1 atom stereocenters. The van der Waals surface area contributed by atoms with Gasteiger partial charge in [-0.2, -0.15) is 0 Å². The van der Waals surface area contributed by atoms with E-state index >= 15 is 0 Å². The van der Waals surface area contributed by atoms with Gasteiger partial charge in [0, 0.05) is 29.2 Å². The Bertz CT molecular complexity index is 764. The molecule has 126 valence electrons. The molecular weight excluding hydrogens is 346 g/mol. The van der Waals surface area contributed by atoms with Gasteiger partial charge in [-0.1, -0.05) is 6.07 Å². The Hall–Kier alpha value is -1.99. The van der Waals surface area contributed by atoms with Gasteiger partial charge in [0.2, 0.25) is 5.91 Å². The number of Topliss-reactive ketones (excluding diaryl/α,β-unsaturated/α-hetero) is 1. The Morgan fingerprint density at radius 2 is 2.12 bits per heavy atom. The van der Waals surface area contributed by atoms with Crippen LogP contribution in [0.3, 0.4) is 0 Å². The molecule has 0 bridgehead atoms. The van der Waals surface area contributed by atoms with Gasteiger partial charge in [-0.15, -0.1) is 22.7 Å². The average molecular weight is 363 g/mol. The summed E-state index contributed by atoms with van der Waals surface area (Å²) in [5.41, 5.74) is 1.06. The van der Waals surface area contributed by atoms with Gasteiger partial charge < -0.3 is 10.1 Å². The molecule has 5 nitrogen and oxygen atoms in total. The van der Waals surface area contributed by atoms with Gasteiger partial charge in [0.1, 0.15) is 10.6 Å². The lowest BCUT2D eigenvalue weighted by Crippen LogP contribution is -2.30. The molecule has 1 aliphatic rings. The Morgan fingerprint density at radius 3 is 2.79 bits per heavy atom. The van der Waals surface area contributed by atoms with Crippen molar-refractivity contribution in [1.82, 2.24) is 0 Å². The van der Waals surface area contributed by atoms with E-state index in [1.54, 1.807) is 0 Å². The highest BCUT2D eigenvalue weighted by Crippen LogP contribution is 2.38. The highest BCUT2D eigenvalue weighted by molar-refractivity contribution is 7.17. The van der Waals surface area contributed by atoms with Gasteiger partial charge in [-0.25, -0.2) is 4.79 Å². The summed E-state index contributed by atoms with van der Waals surface area (Å²) in [6, 6.07) is 3.81. The summed E-state index contributed by atoms with van der Waals surface area (Å²) in [5, 5.41) is 6.89. The number of anilines is 1. The molecule has 0 spiro atoms. The van der Waals surface area contributed by atoms with Crippen LogP contribution in [0.2, 0.25) is 0 Å². The molecule has 0 unspecified atom stereocenters. The normalized spacial score (nSPS) is 17.5. The van der Waals surface area contributed by atoms with E-state index < -0.39 is 12.1 Å². The molecule has 0 radical (unpaired) electrons. The standard InChI is InChI=1S/C17H17NO4S2/c1-10(19)18-16-15(11(9-24-16)14-7-4-8-23-14)17(21)22-13-6-3-2-5-12(13)20/h4,7-9,13H,2-3,5-6H2,1H3,(H,18,19)/t13-/m1/s1. The third-order valence-electron chi connectivity index (χ3n) is 3.82. The molecule has 0 aromatic carbocycles. The van der Waals surface area contributed by atoms with E-state index in [2.05, 4.69) is 5.32 Å². The number of ketones is 1. The average Bonchev–Trinajstić information content (AvgIpc) is 3.18. The fraction of sp³-hybridized carbons (Fsp3) is 0.353. The highest BCUT2D eigenvalue weighted by Gasteiger charge is 2.29. The van der Waals surface area contributed by atoms with Crippen molar-refractivity contribution in [3.8, 4) is 10.4 Å². The number of rotatable bonds is 4. The summed E-state index contributed by atoms with van der Waals surface area (Å²) in [4.78, 5) is 37.0. The van der Waals surface area contributed by atoms with E-state index in [1.165, 1.54) is 29.6 Å². The maximum absolute atomic E-state index is 12.7. The molecule has 1 aliphatic carbocycles. The molecule has 1 N–H and O–H groups in total. The minimum atomic E-state index is -0.674. The van der Waals surface area contributed by atoms with E-state index in [0.29, 0.717) is 23.4 Å². The van der Waals surface area contributed by atoms with Crippen LogP contribution in [-0.4, -0.2) is 23.8 Å². The van der Waals surface area contributed by atoms with E-state index in [4.69, 9.17) is 4.74 Å².